The van der Waals surface area contributed by atoms with Crippen molar-refractivity contribution in [2.75, 3.05) is 13.7 Å². The van der Waals surface area contributed by atoms with Gasteiger partial charge in [0.05, 0.1) is 12.7 Å². The summed E-state index contributed by atoms with van der Waals surface area (Å²) in [7, 11) is 1.53. The SMILES string of the molecule is C=CCCNC(=O)c1ccc(OC)nc1. The summed E-state index contributed by atoms with van der Waals surface area (Å²) in [6, 6.07) is 3.33. The molecule has 4 nitrogen and oxygen atoms in total. The fourth-order valence-corrected chi connectivity index (χ4v) is 1.03. The van der Waals surface area contributed by atoms with Crippen molar-refractivity contribution in [2.45, 2.75) is 6.42 Å². The molecule has 0 aromatic carbocycles. The fraction of sp³-hybridized carbons (Fsp3) is 0.273. The molecule has 0 spiro atoms. The molecule has 80 valence electrons. The number of rotatable bonds is 5. The number of nitrogens with one attached hydrogen (secondary N) is 1. The van der Waals surface area contributed by atoms with Crippen LogP contribution in [0, 0.1) is 0 Å². The summed E-state index contributed by atoms with van der Waals surface area (Å²) in [4.78, 5) is 15.4. The molecule has 1 rings (SSSR count). The van der Waals surface area contributed by atoms with E-state index in [0.717, 1.165) is 6.42 Å². The van der Waals surface area contributed by atoms with E-state index >= 15 is 0 Å². The van der Waals surface area contributed by atoms with Gasteiger partial charge in [-0.1, -0.05) is 6.08 Å². The minimum absolute atomic E-state index is 0.132. The highest BCUT2D eigenvalue weighted by molar-refractivity contribution is 5.93. The lowest BCUT2D eigenvalue weighted by Crippen LogP contribution is -2.24. The molecule has 0 atom stereocenters. The molecule has 0 radical (unpaired) electrons. The van der Waals surface area contributed by atoms with E-state index in [9.17, 15) is 4.79 Å². The number of methoxy groups -OCH3 is 1. The van der Waals surface area contributed by atoms with Crippen LogP contribution < -0.4 is 10.1 Å². The van der Waals surface area contributed by atoms with Gasteiger partial charge in [-0.2, -0.15) is 0 Å². The smallest absolute Gasteiger partial charge is 0.252 e. The van der Waals surface area contributed by atoms with Gasteiger partial charge in [0.15, 0.2) is 0 Å². The first-order chi connectivity index (χ1) is 7.27. The summed E-state index contributed by atoms with van der Waals surface area (Å²) in [6.07, 6.45) is 4.00. The molecular formula is C11H14N2O2. The van der Waals surface area contributed by atoms with Crippen LogP contribution in [0.2, 0.25) is 0 Å². The number of ether oxygens (including phenoxy) is 1. The van der Waals surface area contributed by atoms with E-state index in [-0.39, 0.29) is 5.91 Å². The van der Waals surface area contributed by atoms with E-state index in [2.05, 4.69) is 16.9 Å². The third-order valence-corrected chi connectivity index (χ3v) is 1.84. The fourth-order valence-electron chi connectivity index (χ4n) is 1.03. The van der Waals surface area contributed by atoms with Crippen molar-refractivity contribution in [3.63, 3.8) is 0 Å². The Morgan fingerprint density at radius 2 is 2.47 bits per heavy atom. The second kappa shape index (κ2) is 5.80. The van der Waals surface area contributed by atoms with E-state index in [4.69, 9.17) is 4.74 Å². The highest BCUT2D eigenvalue weighted by Crippen LogP contribution is 2.06. The van der Waals surface area contributed by atoms with Crippen LogP contribution in [0.1, 0.15) is 16.8 Å². The van der Waals surface area contributed by atoms with E-state index in [1.165, 1.54) is 13.3 Å². The minimum atomic E-state index is -0.132. The Morgan fingerprint density at radius 1 is 1.67 bits per heavy atom. The predicted molar refractivity (Wildman–Crippen MR) is 57.9 cm³/mol. The average Bonchev–Trinajstić information content (AvgIpc) is 2.29. The molecule has 0 unspecified atom stereocenters. The molecule has 0 aliphatic heterocycles. The third-order valence-electron chi connectivity index (χ3n) is 1.84. The molecule has 0 bridgehead atoms. The molecule has 1 amide bonds. The number of nitrogens with zero attached hydrogens (tertiary/aromatic N) is 1. The highest BCUT2D eigenvalue weighted by Gasteiger charge is 2.04. The van der Waals surface area contributed by atoms with Gasteiger partial charge in [0.2, 0.25) is 5.88 Å². The quantitative estimate of drug-likeness (QED) is 0.585. The Hall–Kier alpha value is -1.84. The van der Waals surface area contributed by atoms with Gasteiger partial charge in [-0.15, -0.1) is 6.58 Å². The molecule has 0 fully saturated rings. The van der Waals surface area contributed by atoms with Crippen LogP contribution in [-0.2, 0) is 0 Å². The largest absolute Gasteiger partial charge is 0.481 e. The zero-order valence-electron chi connectivity index (χ0n) is 8.69. The predicted octanol–water partition coefficient (Wildman–Crippen LogP) is 1.40. The van der Waals surface area contributed by atoms with Crippen LogP contribution in [0.5, 0.6) is 5.88 Å². The maximum atomic E-state index is 11.5. The Bertz CT molecular complexity index is 333. The van der Waals surface area contributed by atoms with Gasteiger partial charge < -0.3 is 10.1 Å². The average molecular weight is 206 g/mol. The summed E-state index contributed by atoms with van der Waals surface area (Å²) >= 11 is 0. The molecule has 0 aliphatic carbocycles. The van der Waals surface area contributed by atoms with Crippen molar-refractivity contribution >= 4 is 5.91 Å². The maximum absolute atomic E-state index is 11.5. The molecule has 1 heterocycles. The van der Waals surface area contributed by atoms with Gasteiger partial charge in [0, 0.05) is 18.8 Å². The minimum Gasteiger partial charge on any atom is -0.481 e. The number of carbonyl (C=O) groups is 1. The molecule has 1 aromatic heterocycles. The Morgan fingerprint density at radius 3 is 3.00 bits per heavy atom. The molecule has 15 heavy (non-hydrogen) atoms. The van der Waals surface area contributed by atoms with Gasteiger partial charge in [-0.3, -0.25) is 4.79 Å². The Labute approximate surface area is 89.0 Å². The molecule has 0 saturated carbocycles. The first-order valence-electron chi connectivity index (χ1n) is 4.67. The highest BCUT2D eigenvalue weighted by atomic mass is 16.5. The van der Waals surface area contributed by atoms with Crippen LogP contribution >= 0.6 is 0 Å². The van der Waals surface area contributed by atoms with E-state index in [0.29, 0.717) is 18.0 Å². The van der Waals surface area contributed by atoms with Crippen molar-refractivity contribution in [1.82, 2.24) is 10.3 Å². The lowest BCUT2D eigenvalue weighted by atomic mass is 10.2. The summed E-state index contributed by atoms with van der Waals surface area (Å²) in [5.74, 6) is 0.365. The molecule has 0 saturated heterocycles. The number of hydrogen-bond acceptors (Lipinski definition) is 3. The molecule has 1 aromatic rings. The number of aromatic nitrogens is 1. The van der Waals surface area contributed by atoms with Crippen molar-refractivity contribution in [3.05, 3.63) is 36.5 Å². The topological polar surface area (TPSA) is 51.2 Å². The number of pyridine rings is 1. The normalized spacial score (nSPS) is 9.40. The number of hydrogen-bond donors (Lipinski definition) is 1. The first-order valence-corrected chi connectivity index (χ1v) is 4.67. The third kappa shape index (κ3) is 3.42. The summed E-state index contributed by atoms with van der Waals surface area (Å²) < 4.78 is 4.89. The number of carbonyl (C=O) groups excluding carboxylic acids is 1. The van der Waals surface area contributed by atoms with Crippen LogP contribution in [0.4, 0.5) is 0 Å². The molecular weight excluding hydrogens is 192 g/mol. The van der Waals surface area contributed by atoms with Gasteiger partial charge >= 0.3 is 0 Å². The van der Waals surface area contributed by atoms with Crippen LogP contribution in [-0.4, -0.2) is 24.5 Å². The second-order valence-corrected chi connectivity index (χ2v) is 2.92. The Balaban J connectivity index is 2.54. The van der Waals surface area contributed by atoms with Crippen molar-refractivity contribution in [1.29, 1.82) is 0 Å². The first kappa shape index (κ1) is 11.2. The summed E-state index contributed by atoms with van der Waals surface area (Å²) in [5.41, 5.74) is 0.528. The van der Waals surface area contributed by atoms with Gasteiger partial charge in [-0.25, -0.2) is 4.98 Å². The van der Waals surface area contributed by atoms with Crippen molar-refractivity contribution < 1.29 is 9.53 Å². The van der Waals surface area contributed by atoms with Gasteiger partial charge in [0.1, 0.15) is 0 Å². The van der Waals surface area contributed by atoms with Crippen LogP contribution in [0.3, 0.4) is 0 Å². The zero-order valence-corrected chi connectivity index (χ0v) is 8.69. The molecule has 0 aliphatic rings. The lowest BCUT2D eigenvalue weighted by molar-refractivity contribution is 0.0954. The van der Waals surface area contributed by atoms with E-state index in [1.807, 2.05) is 0 Å². The Kier molecular flexibility index (Phi) is 4.34. The summed E-state index contributed by atoms with van der Waals surface area (Å²) in [6.45, 7) is 4.16. The standard InChI is InChI=1S/C11H14N2O2/c1-3-4-7-12-11(14)9-5-6-10(15-2)13-8-9/h3,5-6,8H,1,4,7H2,2H3,(H,12,14). The van der Waals surface area contributed by atoms with E-state index < -0.39 is 0 Å². The molecule has 4 heteroatoms. The van der Waals surface area contributed by atoms with E-state index in [1.54, 1.807) is 18.2 Å². The van der Waals surface area contributed by atoms with Crippen LogP contribution in [0.15, 0.2) is 31.0 Å². The lowest BCUT2D eigenvalue weighted by Gasteiger charge is -2.03. The van der Waals surface area contributed by atoms with Crippen molar-refractivity contribution in [2.24, 2.45) is 0 Å². The number of amides is 1. The zero-order chi connectivity index (χ0) is 11.1. The second-order valence-electron chi connectivity index (χ2n) is 2.92. The van der Waals surface area contributed by atoms with Crippen LogP contribution in [0.25, 0.3) is 0 Å². The van der Waals surface area contributed by atoms with Gasteiger partial charge in [0.25, 0.3) is 5.91 Å². The maximum Gasteiger partial charge on any atom is 0.252 e. The van der Waals surface area contributed by atoms with Crippen molar-refractivity contribution in [3.8, 4) is 5.88 Å². The molecule has 1 N–H and O–H groups in total. The summed E-state index contributed by atoms with van der Waals surface area (Å²) in [5, 5.41) is 2.75. The monoisotopic (exact) mass is 206 g/mol. The van der Waals surface area contributed by atoms with Gasteiger partial charge in [-0.05, 0) is 12.5 Å².